The second kappa shape index (κ2) is 5.86. The number of halogens is 1. The second-order valence-corrected chi connectivity index (χ2v) is 5.19. The Bertz CT molecular complexity index is 771. The van der Waals surface area contributed by atoms with Crippen molar-refractivity contribution in [3.63, 3.8) is 0 Å². The van der Waals surface area contributed by atoms with Gasteiger partial charge < -0.3 is 9.84 Å². The topological polar surface area (TPSA) is 84.3 Å². The van der Waals surface area contributed by atoms with Gasteiger partial charge >= 0.3 is 5.69 Å². The number of aromatic amines is 1. The zero-order chi connectivity index (χ0) is 15.7. The van der Waals surface area contributed by atoms with Crippen LogP contribution in [0.25, 0.3) is 0 Å². The average Bonchev–Trinajstić information content (AvgIpc) is 2.85. The number of nitrogens with zero attached hydrogens (tertiary/aromatic N) is 1. The van der Waals surface area contributed by atoms with E-state index in [1.165, 1.54) is 0 Å². The van der Waals surface area contributed by atoms with Crippen molar-refractivity contribution >= 4 is 0 Å². The normalized spacial score (nSPS) is 24.5. The first-order valence-corrected chi connectivity index (χ1v) is 6.84. The minimum Gasteiger partial charge on any atom is -0.390 e. The van der Waals surface area contributed by atoms with E-state index in [2.05, 4.69) is 6.07 Å². The maximum atomic E-state index is 13.3. The molecular formula is C15H14FN2O4. The van der Waals surface area contributed by atoms with Gasteiger partial charge in [0.2, 0.25) is 5.82 Å². The third kappa shape index (κ3) is 2.86. The highest BCUT2D eigenvalue weighted by atomic mass is 19.1. The minimum absolute atomic E-state index is 0.148. The lowest BCUT2D eigenvalue weighted by Gasteiger charge is -2.16. The number of hydrogen-bond donors (Lipinski definition) is 2. The number of aromatic nitrogens is 2. The van der Waals surface area contributed by atoms with Crippen molar-refractivity contribution in [1.82, 2.24) is 9.55 Å². The monoisotopic (exact) mass is 305 g/mol. The van der Waals surface area contributed by atoms with E-state index in [9.17, 15) is 19.1 Å². The minimum atomic E-state index is -1.07. The molecule has 0 saturated carbocycles. The van der Waals surface area contributed by atoms with E-state index in [1.54, 1.807) is 12.1 Å². The summed E-state index contributed by atoms with van der Waals surface area (Å²) in [5.74, 6) is -1.07. The van der Waals surface area contributed by atoms with Crippen molar-refractivity contribution in [1.29, 1.82) is 0 Å². The van der Waals surface area contributed by atoms with E-state index in [4.69, 9.17) is 4.74 Å². The van der Waals surface area contributed by atoms with Crippen molar-refractivity contribution < 1.29 is 14.2 Å². The largest absolute Gasteiger partial charge is 0.390 e. The Morgan fingerprint density at radius 1 is 1.41 bits per heavy atom. The van der Waals surface area contributed by atoms with E-state index < -0.39 is 35.5 Å². The zero-order valence-electron chi connectivity index (χ0n) is 11.5. The highest BCUT2D eigenvalue weighted by Gasteiger charge is 2.35. The molecule has 1 fully saturated rings. The van der Waals surface area contributed by atoms with E-state index in [0.717, 1.165) is 16.3 Å². The van der Waals surface area contributed by atoms with Crippen LogP contribution in [0.15, 0.2) is 40.1 Å². The summed E-state index contributed by atoms with van der Waals surface area (Å²) in [5.41, 5.74) is -0.876. The molecule has 3 atom stereocenters. The summed E-state index contributed by atoms with van der Waals surface area (Å²) < 4.78 is 19.9. The van der Waals surface area contributed by atoms with Gasteiger partial charge in [0.05, 0.1) is 18.4 Å². The van der Waals surface area contributed by atoms with Crippen LogP contribution in [0.2, 0.25) is 0 Å². The van der Waals surface area contributed by atoms with Gasteiger partial charge in [-0.15, -0.1) is 0 Å². The standard InChI is InChI=1S/C15H14FN2O4/c16-10-8-18(15(21)17-14(10)20)13-7-11(19)12(22-13)6-9-4-2-1-3-5-9/h2-5,8,11-13,19H,6-7H2,(H,17,20,21)/t11-,12+,13?/m0/s1. The molecule has 1 saturated heterocycles. The fourth-order valence-electron chi connectivity index (χ4n) is 2.53. The zero-order valence-corrected chi connectivity index (χ0v) is 11.5. The molecule has 1 aromatic carbocycles. The van der Waals surface area contributed by atoms with Gasteiger partial charge in [0.25, 0.3) is 5.56 Å². The third-order valence-corrected chi connectivity index (χ3v) is 3.66. The van der Waals surface area contributed by atoms with Crippen molar-refractivity contribution in [2.75, 3.05) is 0 Å². The lowest BCUT2D eigenvalue weighted by Crippen LogP contribution is -2.33. The van der Waals surface area contributed by atoms with Crippen molar-refractivity contribution in [2.24, 2.45) is 0 Å². The van der Waals surface area contributed by atoms with Crippen LogP contribution in [0.1, 0.15) is 18.2 Å². The maximum absolute atomic E-state index is 13.3. The van der Waals surface area contributed by atoms with Crippen LogP contribution in [-0.2, 0) is 11.2 Å². The first-order chi connectivity index (χ1) is 10.5. The number of rotatable bonds is 3. The molecule has 22 heavy (non-hydrogen) atoms. The molecule has 0 aliphatic carbocycles. The number of H-pyrrole nitrogens is 1. The van der Waals surface area contributed by atoms with E-state index in [0.29, 0.717) is 6.42 Å². The molecule has 0 spiro atoms. The predicted octanol–water partition coefficient (Wildman–Crippen LogP) is 0.367. The second-order valence-electron chi connectivity index (χ2n) is 5.19. The smallest absolute Gasteiger partial charge is 0.330 e. The maximum Gasteiger partial charge on any atom is 0.330 e. The highest BCUT2D eigenvalue weighted by Crippen LogP contribution is 2.29. The molecule has 115 valence electrons. The van der Waals surface area contributed by atoms with Crippen LogP contribution in [-0.4, -0.2) is 26.9 Å². The van der Waals surface area contributed by atoms with Gasteiger partial charge in [0, 0.05) is 12.8 Å². The summed E-state index contributed by atoms with van der Waals surface area (Å²) in [4.78, 5) is 24.6. The molecule has 1 radical (unpaired) electrons. The Morgan fingerprint density at radius 2 is 2.14 bits per heavy atom. The SMILES string of the molecule is O=c1[nH]c(=O)n(C2C[C@H](O)[C@@H](Cc3cc[c]cc3)O2)cc1F. The molecule has 3 rings (SSSR count). The van der Waals surface area contributed by atoms with Crippen LogP contribution < -0.4 is 11.2 Å². The third-order valence-electron chi connectivity index (χ3n) is 3.66. The first kappa shape index (κ1) is 14.7. The van der Waals surface area contributed by atoms with E-state index in [1.807, 2.05) is 17.1 Å². The summed E-state index contributed by atoms with van der Waals surface area (Å²) in [6.07, 6.45) is -0.681. The molecule has 0 bridgehead atoms. The molecule has 2 heterocycles. The summed E-state index contributed by atoms with van der Waals surface area (Å²) >= 11 is 0. The molecule has 6 nitrogen and oxygen atoms in total. The van der Waals surface area contributed by atoms with Gasteiger partial charge in [0.1, 0.15) is 6.23 Å². The van der Waals surface area contributed by atoms with Gasteiger partial charge in [-0.2, -0.15) is 4.39 Å². The van der Waals surface area contributed by atoms with E-state index >= 15 is 0 Å². The van der Waals surface area contributed by atoms with Crippen LogP contribution in [0.3, 0.4) is 0 Å². The van der Waals surface area contributed by atoms with Crippen molar-refractivity contribution in [3.05, 3.63) is 68.7 Å². The molecule has 1 unspecified atom stereocenters. The van der Waals surface area contributed by atoms with Crippen LogP contribution in [0.4, 0.5) is 4.39 Å². The highest BCUT2D eigenvalue weighted by molar-refractivity contribution is 5.15. The number of ether oxygens (including phenoxy) is 1. The molecule has 1 aliphatic heterocycles. The van der Waals surface area contributed by atoms with Crippen LogP contribution >= 0.6 is 0 Å². The van der Waals surface area contributed by atoms with Gasteiger partial charge in [0.15, 0.2) is 0 Å². The van der Waals surface area contributed by atoms with E-state index in [-0.39, 0.29) is 6.42 Å². The molecular weight excluding hydrogens is 291 g/mol. The average molecular weight is 305 g/mol. The van der Waals surface area contributed by atoms with Crippen LogP contribution in [0.5, 0.6) is 0 Å². The number of benzene rings is 1. The lowest BCUT2D eigenvalue weighted by atomic mass is 10.0. The first-order valence-electron chi connectivity index (χ1n) is 6.84. The Morgan fingerprint density at radius 3 is 2.86 bits per heavy atom. The Kier molecular flexibility index (Phi) is 3.91. The molecule has 1 aliphatic rings. The van der Waals surface area contributed by atoms with Gasteiger partial charge in [-0.05, 0) is 11.6 Å². The van der Waals surface area contributed by atoms with Crippen molar-refractivity contribution in [3.8, 4) is 0 Å². The summed E-state index contributed by atoms with van der Waals surface area (Å²) in [6, 6.07) is 10.1. The van der Waals surface area contributed by atoms with Gasteiger partial charge in [-0.1, -0.05) is 24.3 Å². The lowest BCUT2D eigenvalue weighted by molar-refractivity contribution is -0.0201. The summed E-state index contributed by atoms with van der Waals surface area (Å²) in [7, 11) is 0. The molecule has 0 amide bonds. The number of hydrogen-bond acceptors (Lipinski definition) is 4. The molecule has 2 N–H and O–H groups in total. The quantitative estimate of drug-likeness (QED) is 0.858. The number of nitrogens with one attached hydrogen (secondary N) is 1. The number of aliphatic hydroxyl groups excluding tert-OH is 1. The Balaban J connectivity index is 1.80. The summed E-state index contributed by atoms with van der Waals surface area (Å²) in [5, 5.41) is 10.1. The van der Waals surface area contributed by atoms with Crippen LogP contribution in [0, 0.1) is 11.9 Å². The fraction of sp³-hybridized carbons (Fsp3) is 0.333. The fourth-order valence-corrected chi connectivity index (χ4v) is 2.53. The Labute approximate surface area is 124 Å². The summed E-state index contributed by atoms with van der Waals surface area (Å²) in [6.45, 7) is 0. The number of aliphatic hydroxyl groups is 1. The molecule has 1 aromatic heterocycles. The molecule has 7 heteroatoms. The van der Waals surface area contributed by atoms with Crippen molar-refractivity contribution in [2.45, 2.75) is 31.3 Å². The Hall–Kier alpha value is -2.25. The molecule has 2 aromatic rings. The predicted molar refractivity (Wildman–Crippen MR) is 74.8 cm³/mol. The van der Waals surface area contributed by atoms with Gasteiger partial charge in [-0.3, -0.25) is 14.3 Å². The van der Waals surface area contributed by atoms with Gasteiger partial charge in [-0.25, -0.2) is 4.79 Å².